The molecule has 0 saturated carbocycles. The molecule has 2 aliphatic heterocycles. The molecule has 11 heteroatoms. The number of aromatic nitrogens is 1. The molecule has 3 heterocycles. The first-order chi connectivity index (χ1) is 15.5. The summed E-state index contributed by atoms with van der Waals surface area (Å²) < 4.78 is 38.9. The second kappa shape index (κ2) is 9.08. The van der Waals surface area contributed by atoms with Crippen molar-refractivity contribution in [3.05, 3.63) is 35.0 Å². The summed E-state index contributed by atoms with van der Waals surface area (Å²) in [7, 11) is 0. The van der Waals surface area contributed by atoms with Gasteiger partial charge in [-0.05, 0) is 50.5 Å². The molecule has 4 rings (SSSR count). The molecular weight excluding hydrogens is 457 g/mol. The fourth-order valence-corrected chi connectivity index (χ4v) is 4.76. The zero-order valence-corrected chi connectivity index (χ0v) is 19.2. The van der Waals surface area contributed by atoms with Gasteiger partial charge in [-0.2, -0.15) is 18.2 Å². The lowest BCUT2D eigenvalue weighted by Crippen LogP contribution is -2.60. The number of amidine groups is 2. The Balaban J connectivity index is 1.39. The number of pyridine rings is 1. The van der Waals surface area contributed by atoms with Gasteiger partial charge in [0.15, 0.2) is 0 Å². The average molecular weight is 483 g/mol. The Morgan fingerprint density at radius 2 is 1.94 bits per heavy atom. The molecule has 2 fully saturated rings. The van der Waals surface area contributed by atoms with E-state index < -0.39 is 18.1 Å². The Labute approximate surface area is 195 Å². The van der Waals surface area contributed by atoms with Gasteiger partial charge in [-0.1, -0.05) is 11.6 Å². The van der Waals surface area contributed by atoms with Crippen molar-refractivity contribution in [1.29, 1.82) is 10.8 Å². The summed E-state index contributed by atoms with van der Waals surface area (Å²) in [6.45, 7) is 5.20. The van der Waals surface area contributed by atoms with Crippen molar-refractivity contribution in [2.75, 3.05) is 31.1 Å². The quantitative estimate of drug-likeness (QED) is 0.493. The van der Waals surface area contributed by atoms with E-state index >= 15 is 0 Å². The van der Waals surface area contributed by atoms with Gasteiger partial charge in [0.1, 0.15) is 5.84 Å². The van der Waals surface area contributed by atoms with Crippen LogP contribution in [0, 0.1) is 17.7 Å². The second-order valence-corrected chi connectivity index (χ2v) is 9.01. The SMILES string of the molecule is Cc1cnc2ccc(Cl)cc2c1N1CCC(ON2CC(=N)N(C(=N)C(F)(F)F)C(C)C2)CC1. The Morgan fingerprint density at radius 1 is 1.24 bits per heavy atom. The highest BCUT2D eigenvalue weighted by molar-refractivity contribution is 6.31. The lowest BCUT2D eigenvalue weighted by atomic mass is 10.0. The first-order valence-electron chi connectivity index (χ1n) is 10.8. The molecule has 0 radical (unpaired) electrons. The van der Waals surface area contributed by atoms with Gasteiger partial charge in [0, 0.05) is 42.3 Å². The molecule has 2 aromatic rings. The minimum Gasteiger partial charge on any atom is -0.371 e. The van der Waals surface area contributed by atoms with Crippen LogP contribution in [0.25, 0.3) is 10.9 Å². The number of nitrogens with one attached hydrogen (secondary N) is 2. The van der Waals surface area contributed by atoms with Gasteiger partial charge in [-0.15, -0.1) is 0 Å². The second-order valence-electron chi connectivity index (χ2n) is 8.58. The van der Waals surface area contributed by atoms with Gasteiger partial charge in [-0.3, -0.25) is 20.6 Å². The topological polar surface area (TPSA) is 79.5 Å². The largest absolute Gasteiger partial charge is 0.449 e. The van der Waals surface area contributed by atoms with E-state index in [9.17, 15) is 13.2 Å². The summed E-state index contributed by atoms with van der Waals surface area (Å²) in [4.78, 5) is 13.6. The van der Waals surface area contributed by atoms with Gasteiger partial charge in [0.05, 0.1) is 23.9 Å². The van der Waals surface area contributed by atoms with Crippen LogP contribution in [0.2, 0.25) is 5.02 Å². The summed E-state index contributed by atoms with van der Waals surface area (Å²) >= 11 is 6.22. The number of nitrogens with zero attached hydrogens (tertiary/aromatic N) is 4. The van der Waals surface area contributed by atoms with Gasteiger partial charge in [-0.25, -0.2) is 0 Å². The lowest BCUT2D eigenvalue weighted by molar-refractivity contribution is -0.204. The highest BCUT2D eigenvalue weighted by Crippen LogP contribution is 2.33. The van der Waals surface area contributed by atoms with Crippen molar-refractivity contribution in [3.8, 4) is 0 Å². The Hall–Kier alpha value is -2.43. The monoisotopic (exact) mass is 482 g/mol. The van der Waals surface area contributed by atoms with E-state index in [1.54, 1.807) is 12.0 Å². The zero-order valence-electron chi connectivity index (χ0n) is 18.4. The summed E-state index contributed by atoms with van der Waals surface area (Å²) in [5.74, 6) is -1.79. The Bertz CT molecular complexity index is 1060. The Kier molecular flexibility index (Phi) is 6.52. The third kappa shape index (κ3) is 4.92. The Morgan fingerprint density at radius 3 is 2.58 bits per heavy atom. The fraction of sp³-hybridized carbons (Fsp3) is 0.500. The van der Waals surface area contributed by atoms with Crippen LogP contribution in [0.4, 0.5) is 18.9 Å². The fourth-order valence-electron chi connectivity index (χ4n) is 4.59. The maximum atomic E-state index is 13.0. The predicted octanol–water partition coefficient (Wildman–Crippen LogP) is 4.62. The third-order valence-electron chi connectivity index (χ3n) is 6.08. The van der Waals surface area contributed by atoms with Crippen molar-refractivity contribution in [2.24, 2.45) is 0 Å². The van der Waals surface area contributed by atoms with Crippen molar-refractivity contribution in [1.82, 2.24) is 14.9 Å². The van der Waals surface area contributed by atoms with Crippen molar-refractivity contribution in [3.63, 3.8) is 0 Å². The van der Waals surface area contributed by atoms with E-state index in [-0.39, 0.29) is 25.0 Å². The molecule has 7 nitrogen and oxygen atoms in total. The van der Waals surface area contributed by atoms with Crippen LogP contribution >= 0.6 is 11.6 Å². The lowest BCUT2D eigenvalue weighted by Gasteiger charge is -2.43. The van der Waals surface area contributed by atoms with Crippen LogP contribution in [0.15, 0.2) is 24.4 Å². The van der Waals surface area contributed by atoms with Crippen molar-refractivity contribution < 1.29 is 18.0 Å². The predicted molar refractivity (Wildman–Crippen MR) is 122 cm³/mol. The van der Waals surface area contributed by atoms with Gasteiger partial charge in [0.2, 0.25) is 5.84 Å². The van der Waals surface area contributed by atoms with Gasteiger partial charge >= 0.3 is 6.18 Å². The molecule has 0 spiro atoms. The number of halogens is 4. The van der Waals surface area contributed by atoms with Crippen LogP contribution in [0.5, 0.6) is 0 Å². The number of piperazine rings is 1. The van der Waals surface area contributed by atoms with Crippen LogP contribution in [0.3, 0.4) is 0 Å². The number of aryl methyl sites for hydroxylation is 1. The molecule has 1 aromatic heterocycles. The van der Waals surface area contributed by atoms with E-state index in [1.807, 2.05) is 31.3 Å². The molecule has 33 heavy (non-hydrogen) atoms. The first kappa shape index (κ1) is 23.7. The maximum Gasteiger partial charge on any atom is 0.449 e. The number of hydrogen-bond donors (Lipinski definition) is 2. The highest BCUT2D eigenvalue weighted by atomic mass is 35.5. The number of hydroxylamine groups is 2. The van der Waals surface area contributed by atoms with E-state index in [1.165, 1.54) is 0 Å². The number of hydrogen-bond acceptors (Lipinski definition) is 6. The van der Waals surface area contributed by atoms with E-state index in [0.717, 1.165) is 53.0 Å². The van der Waals surface area contributed by atoms with Crippen molar-refractivity contribution >= 4 is 39.9 Å². The van der Waals surface area contributed by atoms with Gasteiger partial charge < -0.3 is 9.80 Å². The maximum absolute atomic E-state index is 13.0. The van der Waals surface area contributed by atoms with Crippen LogP contribution < -0.4 is 4.90 Å². The van der Waals surface area contributed by atoms with Crippen LogP contribution in [-0.4, -0.2) is 71.1 Å². The average Bonchev–Trinajstić information content (AvgIpc) is 2.73. The standard InChI is InChI=1S/C22H26ClF3N6O/c1-13-10-29-18-4-3-15(23)9-17(18)20(13)30-7-5-16(6-8-30)33-31-11-14(2)32(19(27)12-31)21(28)22(24,25)26/h3-4,9-10,14,16,27-28H,5-8,11-12H2,1-2H3. The van der Waals surface area contributed by atoms with Crippen LogP contribution in [0.1, 0.15) is 25.3 Å². The summed E-state index contributed by atoms with van der Waals surface area (Å²) in [5, 5.41) is 18.6. The van der Waals surface area contributed by atoms with Crippen LogP contribution in [-0.2, 0) is 4.84 Å². The number of rotatable bonds is 3. The summed E-state index contributed by atoms with van der Waals surface area (Å²) in [6, 6.07) is 4.98. The molecule has 0 bridgehead atoms. The number of anilines is 1. The molecule has 2 saturated heterocycles. The number of piperidine rings is 1. The molecule has 1 aromatic carbocycles. The minimum atomic E-state index is -4.78. The van der Waals surface area contributed by atoms with E-state index in [0.29, 0.717) is 5.02 Å². The summed E-state index contributed by atoms with van der Waals surface area (Å²) in [6.07, 6.45) is -1.53. The molecule has 1 atom stereocenters. The van der Waals surface area contributed by atoms with E-state index in [4.69, 9.17) is 27.3 Å². The third-order valence-corrected chi connectivity index (χ3v) is 6.31. The van der Waals surface area contributed by atoms with E-state index in [2.05, 4.69) is 9.88 Å². The number of alkyl halides is 3. The number of benzene rings is 1. The molecule has 1 unspecified atom stereocenters. The smallest absolute Gasteiger partial charge is 0.371 e. The molecular formula is C22H26ClF3N6O. The molecule has 2 N–H and O–H groups in total. The highest BCUT2D eigenvalue weighted by Gasteiger charge is 2.44. The molecule has 178 valence electrons. The summed E-state index contributed by atoms with van der Waals surface area (Å²) in [5.41, 5.74) is 3.05. The van der Waals surface area contributed by atoms with Gasteiger partial charge in [0.25, 0.3) is 0 Å². The zero-order chi connectivity index (χ0) is 23.9. The first-order valence-corrected chi connectivity index (χ1v) is 11.2. The molecule has 0 aliphatic carbocycles. The van der Waals surface area contributed by atoms with Crippen molar-refractivity contribution in [2.45, 2.75) is 45.0 Å². The number of fused-ring (bicyclic) bond motifs is 1. The molecule has 0 amide bonds. The minimum absolute atomic E-state index is 0.0877. The molecule has 2 aliphatic rings. The normalized spacial score (nSPS) is 21.2.